The topological polar surface area (TPSA) is 54.1 Å². The number of H-pyrrole nitrogens is 1. The first kappa shape index (κ1) is 20.5. The molecule has 0 radical (unpaired) electrons. The number of aryl methyl sites for hydroxylation is 1. The van der Waals surface area contributed by atoms with Gasteiger partial charge in [0.1, 0.15) is 5.75 Å². The summed E-state index contributed by atoms with van der Waals surface area (Å²) in [5.74, 6) is 0.930. The molecular weight excluding hydrogens is 372 g/mol. The maximum absolute atomic E-state index is 13.1. The number of nitrogens with one attached hydrogen (secondary N) is 2. The van der Waals surface area contributed by atoms with Gasteiger partial charge in [0, 0.05) is 35.5 Å². The minimum atomic E-state index is -0.0236. The molecular formula is C26H32N2O2. The summed E-state index contributed by atoms with van der Waals surface area (Å²) in [6, 6.07) is 14.9. The van der Waals surface area contributed by atoms with Gasteiger partial charge in [-0.05, 0) is 48.1 Å². The fraction of sp³-hybridized carbons (Fsp3) is 0.423. The third kappa shape index (κ3) is 4.38. The smallest absolute Gasteiger partial charge is 0.221 e. The molecule has 0 bridgehead atoms. The van der Waals surface area contributed by atoms with E-state index < -0.39 is 0 Å². The van der Waals surface area contributed by atoms with Gasteiger partial charge in [-0.1, -0.05) is 56.5 Å². The highest BCUT2D eigenvalue weighted by Gasteiger charge is 2.24. The van der Waals surface area contributed by atoms with Crippen LogP contribution in [0.4, 0.5) is 0 Å². The highest BCUT2D eigenvalue weighted by Crippen LogP contribution is 2.36. The van der Waals surface area contributed by atoms with Crippen LogP contribution in [0.5, 0.6) is 5.75 Å². The molecule has 4 nitrogen and oxygen atoms in total. The van der Waals surface area contributed by atoms with Gasteiger partial charge in [0.05, 0.1) is 7.11 Å². The van der Waals surface area contributed by atoms with Crippen molar-refractivity contribution < 1.29 is 9.53 Å². The van der Waals surface area contributed by atoms with Crippen molar-refractivity contribution in [2.45, 2.75) is 63.8 Å². The number of aromatic nitrogens is 1. The number of aromatic amines is 1. The second-order valence-corrected chi connectivity index (χ2v) is 8.37. The van der Waals surface area contributed by atoms with Crippen LogP contribution in [-0.4, -0.2) is 24.0 Å². The number of carbonyl (C=O) groups is 1. The van der Waals surface area contributed by atoms with E-state index in [1.165, 1.54) is 41.3 Å². The molecule has 1 saturated carbocycles. The van der Waals surface area contributed by atoms with Crippen LogP contribution >= 0.6 is 0 Å². The third-order valence-corrected chi connectivity index (χ3v) is 6.45. The monoisotopic (exact) mass is 404 g/mol. The molecule has 1 aliphatic rings. The molecule has 1 aliphatic carbocycles. The zero-order valence-electron chi connectivity index (χ0n) is 18.0. The lowest BCUT2D eigenvalue weighted by Gasteiger charge is -2.24. The molecule has 0 aliphatic heterocycles. The SMILES string of the molecule is CCc1cccc2c([C@@H](CC(=O)NC3CCCCC3)c3cccc(OC)c3)c[nH]c12. The predicted octanol–water partition coefficient (Wildman–Crippen LogP) is 5.71. The predicted molar refractivity (Wildman–Crippen MR) is 122 cm³/mol. The fourth-order valence-corrected chi connectivity index (χ4v) is 4.81. The van der Waals surface area contributed by atoms with Gasteiger partial charge in [-0.25, -0.2) is 0 Å². The average Bonchev–Trinajstić information content (AvgIpc) is 3.22. The molecule has 1 fully saturated rings. The van der Waals surface area contributed by atoms with Crippen LogP contribution in [0, 0.1) is 0 Å². The summed E-state index contributed by atoms with van der Waals surface area (Å²) >= 11 is 0. The largest absolute Gasteiger partial charge is 0.497 e. The lowest BCUT2D eigenvalue weighted by atomic mass is 9.87. The van der Waals surface area contributed by atoms with Gasteiger partial charge in [0.2, 0.25) is 5.91 Å². The lowest BCUT2D eigenvalue weighted by molar-refractivity contribution is -0.122. The van der Waals surface area contributed by atoms with E-state index >= 15 is 0 Å². The van der Waals surface area contributed by atoms with Crippen LogP contribution in [0.3, 0.4) is 0 Å². The summed E-state index contributed by atoms with van der Waals surface area (Å²) in [7, 11) is 1.68. The molecule has 2 N–H and O–H groups in total. The van der Waals surface area contributed by atoms with Crippen molar-refractivity contribution >= 4 is 16.8 Å². The van der Waals surface area contributed by atoms with E-state index in [0.29, 0.717) is 12.5 Å². The van der Waals surface area contributed by atoms with Crippen LogP contribution in [-0.2, 0) is 11.2 Å². The number of para-hydroxylation sites is 1. The number of fused-ring (bicyclic) bond motifs is 1. The van der Waals surface area contributed by atoms with E-state index in [0.717, 1.165) is 30.6 Å². The van der Waals surface area contributed by atoms with E-state index in [-0.39, 0.29) is 11.8 Å². The summed E-state index contributed by atoms with van der Waals surface area (Å²) in [5, 5.41) is 4.50. The Bertz CT molecular complexity index is 1000. The summed E-state index contributed by atoms with van der Waals surface area (Å²) < 4.78 is 5.46. The molecule has 4 rings (SSSR count). The first-order valence-corrected chi connectivity index (χ1v) is 11.2. The maximum atomic E-state index is 13.1. The quantitative estimate of drug-likeness (QED) is 0.530. The van der Waals surface area contributed by atoms with E-state index in [4.69, 9.17) is 4.74 Å². The number of ether oxygens (including phenoxy) is 1. The average molecular weight is 405 g/mol. The van der Waals surface area contributed by atoms with Crippen LogP contribution in [0.1, 0.15) is 68.1 Å². The fourth-order valence-electron chi connectivity index (χ4n) is 4.81. The number of amides is 1. The van der Waals surface area contributed by atoms with Gasteiger partial charge in [-0.3, -0.25) is 4.79 Å². The van der Waals surface area contributed by atoms with Crippen LogP contribution < -0.4 is 10.1 Å². The van der Waals surface area contributed by atoms with E-state index in [2.05, 4.69) is 53.8 Å². The van der Waals surface area contributed by atoms with E-state index in [1.54, 1.807) is 7.11 Å². The summed E-state index contributed by atoms with van der Waals surface area (Å²) in [5.41, 5.74) is 4.76. The number of hydrogen-bond donors (Lipinski definition) is 2. The molecule has 4 heteroatoms. The zero-order valence-corrected chi connectivity index (χ0v) is 18.0. The Hall–Kier alpha value is -2.75. The summed E-state index contributed by atoms with van der Waals surface area (Å²) in [6.07, 6.45) is 9.41. The second-order valence-electron chi connectivity index (χ2n) is 8.37. The number of benzene rings is 2. The first-order chi connectivity index (χ1) is 14.7. The molecule has 0 spiro atoms. The first-order valence-electron chi connectivity index (χ1n) is 11.2. The third-order valence-electron chi connectivity index (χ3n) is 6.45. The molecule has 1 amide bonds. The number of carbonyl (C=O) groups excluding carboxylic acids is 1. The maximum Gasteiger partial charge on any atom is 0.221 e. The van der Waals surface area contributed by atoms with Crippen molar-refractivity contribution in [3.63, 3.8) is 0 Å². The molecule has 1 aromatic heterocycles. The number of rotatable bonds is 7. The Balaban J connectivity index is 1.68. The Labute approximate surface area is 179 Å². The lowest BCUT2D eigenvalue weighted by Crippen LogP contribution is -2.36. The molecule has 1 atom stereocenters. The Morgan fingerprint density at radius 2 is 1.97 bits per heavy atom. The number of methoxy groups -OCH3 is 1. The molecule has 3 aromatic rings. The normalized spacial score (nSPS) is 15.8. The van der Waals surface area contributed by atoms with Gasteiger partial charge in [-0.15, -0.1) is 0 Å². The van der Waals surface area contributed by atoms with Gasteiger partial charge >= 0.3 is 0 Å². The molecule has 2 aromatic carbocycles. The summed E-state index contributed by atoms with van der Waals surface area (Å²) in [6.45, 7) is 2.17. The van der Waals surface area contributed by atoms with E-state index in [1.807, 2.05) is 12.1 Å². The van der Waals surface area contributed by atoms with E-state index in [9.17, 15) is 4.79 Å². The van der Waals surface area contributed by atoms with Crippen LogP contribution in [0.15, 0.2) is 48.7 Å². The van der Waals surface area contributed by atoms with Crippen LogP contribution in [0.25, 0.3) is 10.9 Å². The molecule has 158 valence electrons. The van der Waals surface area contributed by atoms with Crippen molar-refractivity contribution in [3.8, 4) is 5.75 Å². The van der Waals surface area contributed by atoms with Gasteiger partial charge in [0.25, 0.3) is 0 Å². The van der Waals surface area contributed by atoms with Crippen molar-refractivity contribution in [3.05, 3.63) is 65.4 Å². The van der Waals surface area contributed by atoms with Crippen molar-refractivity contribution in [2.24, 2.45) is 0 Å². The van der Waals surface area contributed by atoms with Crippen molar-refractivity contribution in [1.82, 2.24) is 10.3 Å². The molecule has 1 heterocycles. The minimum Gasteiger partial charge on any atom is -0.497 e. The van der Waals surface area contributed by atoms with Gasteiger partial charge < -0.3 is 15.0 Å². The molecule has 0 unspecified atom stereocenters. The second kappa shape index (κ2) is 9.38. The highest BCUT2D eigenvalue weighted by atomic mass is 16.5. The zero-order chi connectivity index (χ0) is 20.9. The highest BCUT2D eigenvalue weighted by molar-refractivity contribution is 5.88. The molecule has 30 heavy (non-hydrogen) atoms. The Morgan fingerprint density at radius 1 is 1.17 bits per heavy atom. The number of hydrogen-bond acceptors (Lipinski definition) is 2. The Morgan fingerprint density at radius 3 is 2.73 bits per heavy atom. The minimum absolute atomic E-state index is 0.0236. The standard InChI is InChI=1S/C26H32N2O2/c1-3-18-9-8-14-22-24(17-27-26(18)22)23(19-10-7-13-21(15-19)30-2)16-25(29)28-20-11-5-4-6-12-20/h7-10,13-15,17,20,23,27H,3-6,11-12,16H2,1-2H3,(H,28,29)/t23-/m0/s1. The Kier molecular flexibility index (Phi) is 6.41. The van der Waals surface area contributed by atoms with Crippen LogP contribution in [0.2, 0.25) is 0 Å². The van der Waals surface area contributed by atoms with Gasteiger partial charge in [-0.2, -0.15) is 0 Å². The van der Waals surface area contributed by atoms with Gasteiger partial charge in [0.15, 0.2) is 0 Å². The summed E-state index contributed by atoms with van der Waals surface area (Å²) in [4.78, 5) is 16.5. The van der Waals surface area contributed by atoms with Crippen molar-refractivity contribution in [1.29, 1.82) is 0 Å². The molecule has 0 saturated heterocycles. The van der Waals surface area contributed by atoms with Crippen molar-refractivity contribution in [2.75, 3.05) is 7.11 Å².